The molecule has 0 atom stereocenters. The maximum absolute atomic E-state index is 12.4. The Bertz CT molecular complexity index is 1700. The van der Waals surface area contributed by atoms with Gasteiger partial charge >= 0.3 is 66.0 Å². The van der Waals surface area contributed by atoms with Crippen LogP contribution in [0, 0.1) is 0 Å². The molecule has 0 fully saturated rings. The van der Waals surface area contributed by atoms with Crippen molar-refractivity contribution in [1.29, 1.82) is 0 Å². The van der Waals surface area contributed by atoms with E-state index in [4.69, 9.17) is 0 Å². The number of rotatable bonds is 6. The summed E-state index contributed by atoms with van der Waals surface area (Å²) in [5.41, 5.74) is 2.91. The van der Waals surface area contributed by atoms with E-state index in [1.165, 1.54) is 9.80 Å². The zero-order chi connectivity index (χ0) is 42.5. The SMILES string of the molecule is CN(C)/C=C(/C=[N+](C)C)N1C(=O)c2ccccc2C1=O.CN(C)/C=C(/C=[N+](C)C)N1C(=O)c2ccccc2C1=O.F[P-](F)(F)(F)(F)F.F[P-](F)(F)(F)(F)F. The molecule has 2 aromatic rings. The molecular formula is C30H36F12N6O4P2. The predicted octanol–water partition coefficient (Wildman–Crippen LogP) is 8.82. The molecule has 0 bridgehead atoms. The second kappa shape index (κ2) is 14.8. The summed E-state index contributed by atoms with van der Waals surface area (Å²) in [4.78, 5) is 55.7. The van der Waals surface area contributed by atoms with Crippen LogP contribution in [-0.2, 0) is 0 Å². The van der Waals surface area contributed by atoms with Gasteiger partial charge in [-0.3, -0.25) is 19.2 Å². The number of carbonyl (C=O) groups excluding carboxylic acids is 4. The van der Waals surface area contributed by atoms with Gasteiger partial charge in [-0.05, 0) is 24.3 Å². The van der Waals surface area contributed by atoms with E-state index in [1.54, 1.807) is 92.3 Å². The molecule has 304 valence electrons. The van der Waals surface area contributed by atoms with E-state index in [0.29, 0.717) is 33.6 Å². The van der Waals surface area contributed by atoms with Crippen molar-refractivity contribution in [2.24, 2.45) is 0 Å². The molecule has 4 amide bonds. The van der Waals surface area contributed by atoms with Gasteiger partial charge in [0.15, 0.2) is 12.4 Å². The maximum atomic E-state index is 12.4. The Hall–Kier alpha value is -4.84. The van der Waals surface area contributed by atoms with Gasteiger partial charge in [0.25, 0.3) is 23.6 Å². The van der Waals surface area contributed by atoms with E-state index in [1.807, 2.05) is 56.4 Å². The second-order valence-corrected chi connectivity index (χ2v) is 16.0. The van der Waals surface area contributed by atoms with Crippen molar-refractivity contribution < 1.29 is 78.7 Å². The Kier molecular flexibility index (Phi) is 12.9. The minimum absolute atomic E-state index is 0.281. The number of hydrogen-bond donors (Lipinski definition) is 0. The monoisotopic (exact) mass is 834 g/mol. The number of amides is 4. The molecule has 4 rings (SSSR count). The van der Waals surface area contributed by atoms with Gasteiger partial charge in [-0.15, -0.1) is 0 Å². The summed E-state index contributed by atoms with van der Waals surface area (Å²) < 4.78 is 122. The summed E-state index contributed by atoms with van der Waals surface area (Å²) in [6.07, 6.45) is 7.01. The van der Waals surface area contributed by atoms with Crippen LogP contribution in [0.1, 0.15) is 41.4 Å². The van der Waals surface area contributed by atoms with E-state index in [9.17, 15) is 69.5 Å². The Morgan fingerprint density at radius 3 is 0.815 bits per heavy atom. The molecule has 0 N–H and O–H groups in total. The molecule has 0 radical (unpaired) electrons. The van der Waals surface area contributed by atoms with E-state index < -0.39 is 15.6 Å². The molecule has 24 heteroatoms. The van der Waals surface area contributed by atoms with E-state index in [0.717, 1.165) is 0 Å². The first-order valence-corrected chi connectivity index (χ1v) is 18.7. The number of carbonyl (C=O) groups is 4. The van der Waals surface area contributed by atoms with Gasteiger partial charge in [0.2, 0.25) is 0 Å². The molecule has 0 saturated carbocycles. The number of hydrogen-bond acceptors (Lipinski definition) is 6. The summed E-state index contributed by atoms with van der Waals surface area (Å²) in [5.74, 6) is -1.12. The molecule has 0 spiro atoms. The topological polar surface area (TPSA) is 87.3 Å². The Labute approximate surface area is 301 Å². The summed E-state index contributed by atoms with van der Waals surface area (Å²) >= 11 is 0. The molecule has 0 aliphatic carbocycles. The van der Waals surface area contributed by atoms with Gasteiger partial charge in [-0.25, -0.2) is 19.0 Å². The van der Waals surface area contributed by atoms with Crippen molar-refractivity contribution in [1.82, 2.24) is 19.6 Å². The van der Waals surface area contributed by atoms with Gasteiger partial charge in [0, 0.05) is 40.6 Å². The molecule has 2 heterocycles. The second-order valence-electron chi connectivity index (χ2n) is 12.1. The zero-order valence-electron chi connectivity index (χ0n) is 29.7. The normalized spacial score (nSPS) is 16.7. The van der Waals surface area contributed by atoms with E-state index in [2.05, 4.69) is 0 Å². The molecule has 0 saturated heterocycles. The number of fused-ring (bicyclic) bond motifs is 2. The van der Waals surface area contributed by atoms with Crippen molar-refractivity contribution in [2.75, 3.05) is 56.4 Å². The van der Waals surface area contributed by atoms with Crippen LogP contribution in [-0.4, -0.2) is 121 Å². The van der Waals surface area contributed by atoms with Crippen LogP contribution in [0.2, 0.25) is 0 Å². The third-order valence-corrected chi connectivity index (χ3v) is 5.67. The fraction of sp³-hybridized carbons (Fsp3) is 0.267. The Morgan fingerprint density at radius 2 is 0.667 bits per heavy atom. The third-order valence-electron chi connectivity index (χ3n) is 5.67. The first-order valence-electron chi connectivity index (χ1n) is 14.6. The van der Waals surface area contributed by atoms with Crippen molar-refractivity contribution in [3.05, 3.63) is 94.6 Å². The molecule has 2 aliphatic rings. The quantitative estimate of drug-likeness (QED) is 0.0952. The number of imide groups is 2. The summed E-state index contributed by atoms with van der Waals surface area (Å²) in [7, 11) is -6.52. The van der Waals surface area contributed by atoms with Crippen LogP contribution in [0.3, 0.4) is 0 Å². The third kappa shape index (κ3) is 18.8. The zero-order valence-corrected chi connectivity index (χ0v) is 31.5. The molecule has 2 aromatic carbocycles. The van der Waals surface area contributed by atoms with E-state index >= 15 is 0 Å². The van der Waals surface area contributed by atoms with Crippen LogP contribution < -0.4 is 0 Å². The van der Waals surface area contributed by atoms with Crippen LogP contribution >= 0.6 is 15.6 Å². The summed E-state index contributed by atoms with van der Waals surface area (Å²) in [5, 5.41) is 0. The van der Waals surface area contributed by atoms with Crippen LogP contribution in [0.5, 0.6) is 0 Å². The first-order chi connectivity index (χ1) is 23.7. The molecular weight excluding hydrogens is 798 g/mol. The van der Waals surface area contributed by atoms with Crippen LogP contribution in [0.15, 0.2) is 72.3 Å². The van der Waals surface area contributed by atoms with Gasteiger partial charge in [0.05, 0.1) is 22.3 Å². The van der Waals surface area contributed by atoms with Crippen molar-refractivity contribution >= 4 is 51.7 Å². The molecule has 54 heavy (non-hydrogen) atoms. The standard InChI is InChI=1S/2C15H18N3O2.2F6P/c2*1-16(2)9-11(10-17(3)4)18-14(19)12-7-5-6-8-13(12)15(18)20;2*1-7(2,3,4,5)6/h2*5-10H,1-4H3;;/q2*+1;2*-1. The predicted molar refractivity (Wildman–Crippen MR) is 181 cm³/mol. The molecule has 0 unspecified atom stereocenters. The first kappa shape index (κ1) is 47.2. The number of nitrogens with zero attached hydrogens (tertiary/aromatic N) is 6. The fourth-order valence-electron chi connectivity index (χ4n) is 4.20. The molecule has 0 aromatic heterocycles. The average molecular weight is 835 g/mol. The van der Waals surface area contributed by atoms with Gasteiger partial charge < -0.3 is 9.80 Å². The van der Waals surface area contributed by atoms with Crippen LogP contribution in [0.4, 0.5) is 50.4 Å². The Morgan fingerprint density at radius 1 is 0.481 bits per heavy atom. The fourth-order valence-corrected chi connectivity index (χ4v) is 4.20. The van der Waals surface area contributed by atoms with E-state index in [-0.39, 0.29) is 23.6 Å². The number of halogens is 12. The Balaban J connectivity index is 0.000000402. The molecule has 2 aliphatic heterocycles. The number of benzene rings is 2. The van der Waals surface area contributed by atoms with Gasteiger partial charge in [0.1, 0.15) is 39.6 Å². The summed E-state index contributed by atoms with van der Waals surface area (Å²) in [6, 6.07) is 13.8. The van der Waals surface area contributed by atoms with Gasteiger partial charge in [-0.2, -0.15) is 0 Å². The molecule has 10 nitrogen and oxygen atoms in total. The van der Waals surface area contributed by atoms with Crippen molar-refractivity contribution in [2.45, 2.75) is 0 Å². The average Bonchev–Trinajstić information content (AvgIpc) is 3.33. The van der Waals surface area contributed by atoms with Gasteiger partial charge in [-0.1, -0.05) is 24.3 Å². The summed E-state index contributed by atoms with van der Waals surface area (Å²) in [6.45, 7) is 0. The van der Waals surface area contributed by atoms with Crippen molar-refractivity contribution in [3.8, 4) is 0 Å². The number of allylic oxidation sites excluding steroid dienone is 2. The van der Waals surface area contributed by atoms with Crippen molar-refractivity contribution in [3.63, 3.8) is 0 Å². The van der Waals surface area contributed by atoms with Crippen LogP contribution in [0.25, 0.3) is 0 Å². The minimum atomic E-state index is -10.7.